The molecule has 0 unspecified atom stereocenters. The van der Waals surface area contributed by atoms with E-state index in [0.29, 0.717) is 23.8 Å². The van der Waals surface area contributed by atoms with E-state index in [4.69, 9.17) is 4.42 Å². The lowest BCUT2D eigenvalue weighted by Crippen LogP contribution is -2.18. The molecule has 0 amide bonds. The Morgan fingerprint density at radius 3 is 2.46 bits per heavy atom. The van der Waals surface area contributed by atoms with Crippen LogP contribution >= 0.6 is 0 Å². The predicted molar refractivity (Wildman–Crippen MR) is 93.4 cm³/mol. The summed E-state index contributed by atoms with van der Waals surface area (Å²) in [7, 11) is -3.53. The molecule has 0 N–H and O–H groups in total. The van der Waals surface area contributed by atoms with E-state index in [9.17, 15) is 13.2 Å². The highest BCUT2D eigenvalue weighted by Gasteiger charge is 2.21. The van der Waals surface area contributed by atoms with Gasteiger partial charge in [0.2, 0.25) is 5.89 Å². The van der Waals surface area contributed by atoms with E-state index in [1.165, 1.54) is 0 Å². The summed E-state index contributed by atoms with van der Waals surface area (Å²) in [6.45, 7) is 5.64. The van der Waals surface area contributed by atoms with Crippen molar-refractivity contribution in [2.45, 2.75) is 45.8 Å². The van der Waals surface area contributed by atoms with Crippen molar-refractivity contribution in [3.63, 3.8) is 0 Å². The van der Waals surface area contributed by atoms with E-state index in [-0.39, 0.29) is 11.5 Å². The van der Waals surface area contributed by atoms with Crippen molar-refractivity contribution in [3.8, 4) is 11.5 Å². The third-order valence-electron chi connectivity index (χ3n) is 3.74. The van der Waals surface area contributed by atoms with E-state index in [0.717, 1.165) is 24.0 Å². The molecule has 0 atom stereocenters. The fourth-order valence-corrected chi connectivity index (χ4v) is 3.75. The highest BCUT2D eigenvalue weighted by Crippen LogP contribution is 2.23. The quantitative estimate of drug-likeness (QED) is 0.727. The first kappa shape index (κ1) is 18.4. The van der Waals surface area contributed by atoms with Crippen molar-refractivity contribution in [2.75, 3.05) is 5.75 Å². The Bertz CT molecular complexity index is 804. The number of nitrogens with zero attached hydrogens (tertiary/aromatic N) is 1. The molecule has 0 saturated heterocycles. The van der Waals surface area contributed by atoms with E-state index >= 15 is 0 Å². The topological polar surface area (TPSA) is 77.2 Å². The SMILES string of the molecule is CCCCC(=O)CS(=O)(=O)Cc1nc(-c2ccc(C)cc2)oc1C. The van der Waals surface area contributed by atoms with Crippen LogP contribution in [0.4, 0.5) is 0 Å². The smallest absolute Gasteiger partial charge is 0.226 e. The van der Waals surface area contributed by atoms with Gasteiger partial charge in [0.15, 0.2) is 9.84 Å². The minimum atomic E-state index is -3.53. The number of aromatic nitrogens is 1. The van der Waals surface area contributed by atoms with Gasteiger partial charge in [0.05, 0.1) is 11.4 Å². The Morgan fingerprint density at radius 2 is 1.83 bits per heavy atom. The second-order valence-corrected chi connectivity index (χ2v) is 8.13. The minimum Gasteiger partial charge on any atom is -0.441 e. The van der Waals surface area contributed by atoms with Crippen LogP contribution in [0.25, 0.3) is 11.5 Å². The number of ketones is 1. The summed E-state index contributed by atoms with van der Waals surface area (Å²) in [6, 6.07) is 7.65. The van der Waals surface area contributed by atoms with Gasteiger partial charge >= 0.3 is 0 Å². The Hall–Kier alpha value is -1.95. The number of benzene rings is 1. The Labute approximate surface area is 143 Å². The molecule has 6 heteroatoms. The van der Waals surface area contributed by atoms with Gasteiger partial charge < -0.3 is 4.42 Å². The van der Waals surface area contributed by atoms with Crippen molar-refractivity contribution in [1.82, 2.24) is 4.98 Å². The number of Topliss-reactive ketones (excluding diaryl/α,β-unsaturated/α-hetero) is 1. The largest absolute Gasteiger partial charge is 0.441 e. The maximum Gasteiger partial charge on any atom is 0.226 e. The molecule has 0 aliphatic carbocycles. The number of unbranched alkanes of at least 4 members (excludes halogenated alkanes) is 1. The number of hydrogen-bond acceptors (Lipinski definition) is 5. The van der Waals surface area contributed by atoms with Gasteiger partial charge in [-0.25, -0.2) is 13.4 Å². The van der Waals surface area contributed by atoms with Gasteiger partial charge in [0, 0.05) is 12.0 Å². The lowest BCUT2D eigenvalue weighted by atomic mass is 10.1. The third-order valence-corrected chi connectivity index (χ3v) is 5.21. The van der Waals surface area contributed by atoms with Gasteiger partial charge in [-0.2, -0.15) is 0 Å². The van der Waals surface area contributed by atoms with Gasteiger partial charge in [-0.05, 0) is 32.4 Å². The molecule has 0 saturated carbocycles. The number of oxazole rings is 1. The summed E-state index contributed by atoms with van der Waals surface area (Å²) in [4.78, 5) is 16.0. The minimum absolute atomic E-state index is 0.239. The first-order valence-corrected chi connectivity index (χ1v) is 9.88. The van der Waals surface area contributed by atoms with Crippen molar-refractivity contribution in [3.05, 3.63) is 41.3 Å². The molecule has 2 aromatic rings. The summed E-state index contributed by atoms with van der Waals surface area (Å²) < 4.78 is 30.0. The van der Waals surface area contributed by atoms with E-state index < -0.39 is 15.6 Å². The molecule has 1 aromatic carbocycles. The van der Waals surface area contributed by atoms with Crippen LogP contribution in [0.2, 0.25) is 0 Å². The van der Waals surface area contributed by atoms with Crippen LogP contribution in [-0.4, -0.2) is 24.9 Å². The molecule has 0 spiro atoms. The number of hydrogen-bond donors (Lipinski definition) is 0. The summed E-state index contributed by atoms with van der Waals surface area (Å²) in [5.41, 5.74) is 2.29. The van der Waals surface area contributed by atoms with Crippen LogP contribution in [0.15, 0.2) is 28.7 Å². The maximum absolute atomic E-state index is 12.2. The zero-order chi connectivity index (χ0) is 17.7. The van der Waals surface area contributed by atoms with E-state index in [2.05, 4.69) is 4.98 Å². The molecule has 5 nitrogen and oxygen atoms in total. The normalized spacial score (nSPS) is 11.6. The first-order chi connectivity index (χ1) is 11.3. The standard InChI is InChI=1S/C18H23NO4S/c1-4-5-6-16(20)11-24(21,22)12-17-14(3)23-18(19-17)15-9-7-13(2)8-10-15/h7-10H,4-6,11-12H2,1-3H3. The fraction of sp³-hybridized carbons (Fsp3) is 0.444. The van der Waals surface area contributed by atoms with E-state index in [1.807, 2.05) is 38.1 Å². The van der Waals surface area contributed by atoms with Crippen molar-refractivity contribution >= 4 is 15.6 Å². The molecule has 130 valence electrons. The van der Waals surface area contributed by atoms with Crippen LogP contribution in [0.3, 0.4) is 0 Å². The zero-order valence-electron chi connectivity index (χ0n) is 14.3. The molecule has 0 bridgehead atoms. The highest BCUT2D eigenvalue weighted by atomic mass is 32.2. The number of carbonyl (C=O) groups is 1. The third kappa shape index (κ3) is 5.03. The molecule has 24 heavy (non-hydrogen) atoms. The highest BCUT2D eigenvalue weighted by molar-refractivity contribution is 7.91. The number of carbonyl (C=O) groups excluding carboxylic acids is 1. The lowest BCUT2D eigenvalue weighted by Gasteiger charge is -2.02. The van der Waals surface area contributed by atoms with Crippen molar-refractivity contribution < 1.29 is 17.6 Å². The first-order valence-electron chi connectivity index (χ1n) is 8.06. The summed E-state index contributed by atoms with van der Waals surface area (Å²) in [5.74, 6) is -0.0764. The summed E-state index contributed by atoms with van der Waals surface area (Å²) in [6.07, 6.45) is 1.89. The van der Waals surface area contributed by atoms with Crippen LogP contribution < -0.4 is 0 Å². The van der Waals surface area contributed by atoms with Gasteiger partial charge in [0.1, 0.15) is 17.3 Å². The second-order valence-electron chi connectivity index (χ2n) is 6.06. The van der Waals surface area contributed by atoms with Crippen molar-refractivity contribution in [2.24, 2.45) is 0 Å². The molecule has 1 heterocycles. The van der Waals surface area contributed by atoms with E-state index in [1.54, 1.807) is 6.92 Å². The molecule has 0 fully saturated rings. The Morgan fingerprint density at radius 1 is 1.17 bits per heavy atom. The second kappa shape index (κ2) is 7.75. The zero-order valence-corrected chi connectivity index (χ0v) is 15.1. The van der Waals surface area contributed by atoms with Gasteiger partial charge in [-0.3, -0.25) is 4.79 Å². The van der Waals surface area contributed by atoms with Gasteiger partial charge in [0.25, 0.3) is 0 Å². The van der Waals surface area contributed by atoms with Crippen LogP contribution in [-0.2, 0) is 20.4 Å². The van der Waals surface area contributed by atoms with Crippen LogP contribution in [0, 0.1) is 13.8 Å². The van der Waals surface area contributed by atoms with Crippen LogP contribution in [0.1, 0.15) is 43.2 Å². The summed E-state index contributed by atoms with van der Waals surface area (Å²) in [5, 5.41) is 0. The summed E-state index contributed by atoms with van der Waals surface area (Å²) >= 11 is 0. The van der Waals surface area contributed by atoms with Gasteiger partial charge in [-0.15, -0.1) is 0 Å². The average Bonchev–Trinajstić information content (AvgIpc) is 2.85. The number of sulfone groups is 1. The molecule has 0 radical (unpaired) electrons. The molecule has 0 aliphatic rings. The predicted octanol–water partition coefficient (Wildman–Crippen LogP) is 3.63. The molecular formula is C18H23NO4S. The number of aryl methyl sites for hydroxylation is 2. The maximum atomic E-state index is 12.2. The van der Waals surface area contributed by atoms with Crippen LogP contribution in [0.5, 0.6) is 0 Å². The van der Waals surface area contributed by atoms with Crippen molar-refractivity contribution in [1.29, 1.82) is 0 Å². The Kier molecular flexibility index (Phi) is 5.94. The molecule has 1 aromatic heterocycles. The monoisotopic (exact) mass is 349 g/mol. The number of rotatable bonds is 8. The lowest BCUT2D eigenvalue weighted by molar-refractivity contribution is -0.116. The average molecular weight is 349 g/mol. The molecule has 0 aliphatic heterocycles. The molecular weight excluding hydrogens is 326 g/mol. The van der Waals surface area contributed by atoms with Gasteiger partial charge in [-0.1, -0.05) is 31.0 Å². The molecule has 2 rings (SSSR count). The fourth-order valence-electron chi connectivity index (χ4n) is 2.33. The Balaban J connectivity index is 2.12.